The number of aromatic amines is 1. The van der Waals surface area contributed by atoms with Crippen molar-refractivity contribution >= 4 is 16.9 Å². The molecule has 128 valence electrons. The molecule has 0 saturated heterocycles. The molecule has 0 atom stereocenters. The van der Waals surface area contributed by atoms with Gasteiger partial charge in [-0.1, -0.05) is 30.3 Å². The van der Waals surface area contributed by atoms with Crippen LogP contribution < -0.4 is 10.3 Å². The van der Waals surface area contributed by atoms with E-state index < -0.39 is 0 Å². The molecule has 0 unspecified atom stereocenters. The number of carbonyl (C=O) groups excluding carboxylic acids is 1. The number of esters is 1. The quantitative estimate of drug-likeness (QED) is 0.699. The number of nitrogens with zero attached hydrogens (tertiary/aromatic N) is 1. The molecule has 1 aromatic heterocycles. The highest BCUT2D eigenvalue weighted by atomic mass is 16.5. The number of hydrogen-bond donors (Lipinski definition) is 1. The van der Waals surface area contributed by atoms with Gasteiger partial charge in [0.2, 0.25) is 0 Å². The first-order chi connectivity index (χ1) is 12.2. The molecular weight excluding hydrogens is 320 g/mol. The van der Waals surface area contributed by atoms with Crippen LogP contribution in [0.4, 0.5) is 0 Å². The Bertz CT molecular complexity index is 949. The van der Waals surface area contributed by atoms with Crippen LogP contribution in [0.25, 0.3) is 10.9 Å². The van der Waals surface area contributed by atoms with E-state index in [1.807, 2.05) is 24.3 Å². The van der Waals surface area contributed by atoms with Gasteiger partial charge in [0.15, 0.2) is 0 Å². The van der Waals surface area contributed by atoms with Crippen LogP contribution in [0.1, 0.15) is 17.8 Å². The molecule has 1 N–H and O–H groups in total. The summed E-state index contributed by atoms with van der Waals surface area (Å²) < 4.78 is 10.5. The molecule has 0 bridgehead atoms. The first-order valence-electron chi connectivity index (χ1n) is 7.93. The van der Waals surface area contributed by atoms with Gasteiger partial charge in [-0.15, -0.1) is 0 Å². The van der Waals surface area contributed by atoms with E-state index in [4.69, 9.17) is 9.47 Å². The molecule has 25 heavy (non-hydrogen) atoms. The molecule has 0 aliphatic rings. The van der Waals surface area contributed by atoms with Crippen LogP contribution >= 0.6 is 0 Å². The lowest BCUT2D eigenvalue weighted by Gasteiger charge is -2.08. The van der Waals surface area contributed by atoms with Crippen molar-refractivity contribution in [3.8, 4) is 5.75 Å². The van der Waals surface area contributed by atoms with E-state index in [1.165, 1.54) is 0 Å². The number of benzene rings is 2. The Hall–Kier alpha value is -3.15. The minimum Gasteiger partial charge on any atom is -0.496 e. The highest BCUT2D eigenvalue weighted by Gasteiger charge is 2.09. The van der Waals surface area contributed by atoms with Crippen molar-refractivity contribution in [2.24, 2.45) is 0 Å². The molecule has 0 aliphatic heterocycles. The van der Waals surface area contributed by atoms with Gasteiger partial charge < -0.3 is 14.5 Å². The Labute approximate surface area is 144 Å². The van der Waals surface area contributed by atoms with Crippen LogP contribution in [0.3, 0.4) is 0 Å². The average Bonchev–Trinajstić information content (AvgIpc) is 2.65. The maximum Gasteiger partial charge on any atom is 0.306 e. The van der Waals surface area contributed by atoms with Crippen molar-refractivity contribution in [3.63, 3.8) is 0 Å². The second-order valence-corrected chi connectivity index (χ2v) is 5.50. The van der Waals surface area contributed by atoms with Crippen molar-refractivity contribution in [1.29, 1.82) is 0 Å². The standard InChI is InChI=1S/C19H18N2O4/c1-24-16-9-5-2-6-13(16)10-11-18(22)25-12-17-20-15-8-4-3-7-14(15)19(23)21-17/h2-9H,10-12H2,1H3,(H,20,21,23). The molecule has 3 rings (SSSR count). The molecule has 0 fully saturated rings. The first kappa shape index (κ1) is 16.7. The maximum atomic E-state index is 12.0. The second-order valence-electron chi connectivity index (χ2n) is 5.50. The lowest BCUT2D eigenvalue weighted by Crippen LogP contribution is -2.14. The number of rotatable bonds is 6. The zero-order valence-electron chi connectivity index (χ0n) is 13.8. The van der Waals surface area contributed by atoms with E-state index in [0.29, 0.717) is 23.1 Å². The Morgan fingerprint density at radius 2 is 1.88 bits per heavy atom. The van der Waals surface area contributed by atoms with Crippen molar-refractivity contribution < 1.29 is 14.3 Å². The van der Waals surface area contributed by atoms with Crippen LogP contribution in [-0.2, 0) is 22.6 Å². The fourth-order valence-corrected chi connectivity index (χ4v) is 2.57. The smallest absolute Gasteiger partial charge is 0.306 e. The largest absolute Gasteiger partial charge is 0.496 e. The number of ether oxygens (including phenoxy) is 2. The monoisotopic (exact) mass is 338 g/mol. The lowest BCUT2D eigenvalue weighted by atomic mass is 10.1. The van der Waals surface area contributed by atoms with E-state index in [-0.39, 0.29) is 24.6 Å². The first-order valence-corrected chi connectivity index (χ1v) is 7.93. The molecule has 0 saturated carbocycles. The van der Waals surface area contributed by atoms with Crippen molar-refractivity contribution in [3.05, 3.63) is 70.3 Å². The zero-order valence-corrected chi connectivity index (χ0v) is 13.8. The predicted molar refractivity (Wildman–Crippen MR) is 93.5 cm³/mol. The summed E-state index contributed by atoms with van der Waals surface area (Å²) >= 11 is 0. The SMILES string of the molecule is COc1ccccc1CCC(=O)OCc1nc2ccccc2c(=O)[nH]1. The van der Waals surface area contributed by atoms with Gasteiger partial charge in [0.1, 0.15) is 18.2 Å². The molecule has 0 radical (unpaired) electrons. The number of hydrogen-bond acceptors (Lipinski definition) is 5. The number of nitrogens with one attached hydrogen (secondary N) is 1. The van der Waals surface area contributed by atoms with Crippen LogP contribution in [0.15, 0.2) is 53.3 Å². The van der Waals surface area contributed by atoms with Gasteiger partial charge in [-0.2, -0.15) is 0 Å². The van der Waals surface area contributed by atoms with Crippen molar-refractivity contribution in [2.75, 3.05) is 7.11 Å². The van der Waals surface area contributed by atoms with Gasteiger partial charge in [0.05, 0.1) is 18.0 Å². The number of aromatic nitrogens is 2. The lowest BCUT2D eigenvalue weighted by molar-refractivity contribution is -0.145. The highest BCUT2D eigenvalue weighted by molar-refractivity contribution is 5.77. The fourth-order valence-electron chi connectivity index (χ4n) is 2.57. The fraction of sp³-hybridized carbons (Fsp3) is 0.211. The summed E-state index contributed by atoms with van der Waals surface area (Å²) in [6, 6.07) is 14.6. The molecule has 1 heterocycles. The zero-order chi connectivity index (χ0) is 17.6. The third kappa shape index (κ3) is 4.03. The number of para-hydroxylation sites is 2. The molecule has 3 aromatic rings. The van der Waals surface area contributed by atoms with E-state index in [2.05, 4.69) is 9.97 Å². The van der Waals surface area contributed by atoms with Crippen LogP contribution in [-0.4, -0.2) is 23.0 Å². The normalized spacial score (nSPS) is 10.6. The van der Waals surface area contributed by atoms with E-state index in [9.17, 15) is 9.59 Å². The van der Waals surface area contributed by atoms with Crippen molar-refractivity contribution in [1.82, 2.24) is 9.97 Å². The number of H-pyrrole nitrogens is 1. The van der Waals surface area contributed by atoms with Crippen LogP contribution in [0.5, 0.6) is 5.75 Å². The molecule has 6 nitrogen and oxygen atoms in total. The Morgan fingerprint density at radius 1 is 1.12 bits per heavy atom. The molecule has 2 aromatic carbocycles. The molecule has 6 heteroatoms. The summed E-state index contributed by atoms with van der Waals surface area (Å²) in [4.78, 5) is 30.9. The maximum absolute atomic E-state index is 12.0. The summed E-state index contributed by atoms with van der Waals surface area (Å²) in [7, 11) is 1.60. The molecule has 0 aliphatic carbocycles. The Kier molecular flexibility index (Phi) is 5.09. The van der Waals surface area contributed by atoms with Gasteiger partial charge in [0, 0.05) is 6.42 Å². The third-order valence-electron chi connectivity index (χ3n) is 3.82. The van der Waals surface area contributed by atoms with Crippen LogP contribution in [0.2, 0.25) is 0 Å². The van der Waals surface area contributed by atoms with E-state index in [0.717, 1.165) is 11.3 Å². The highest BCUT2D eigenvalue weighted by Crippen LogP contribution is 2.19. The minimum absolute atomic E-state index is 0.0647. The van der Waals surface area contributed by atoms with Gasteiger partial charge in [0.25, 0.3) is 5.56 Å². The minimum atomic E-state index is -0.360. The Balaban J connectivity index is 1.60. The summed E-state index contributed by atoms with van der Waals surface area (Å²) in [5.74, 6) is 0.715. The number of carbonyl (C=O) groups is 1. The van der Waals surface area contributed by atoms with E-state index >= 15 is 0 Å². The molecule has 0 amide bonds. The average molecular weight is 338 g/mol. The topological polar surface area (TPSA) is 81.3 Å². The summed E-state index contributed by atoms with van der Waals surface area (Å²) in [6.07, 6.45) is 0.739. The number of aryl methyl sites for hydroxylation is 1. The van der Waals surface area contributed by atoms with Gasteiger partial charge in [-0.3, -0.25) is 9.59 Å². The summed E-state index contributed by atoms with van der Waals surface area (Å²) in [5, 5.41) is 0.508. The number of fused-ring (bicyclic) bond motifs is 1. The Morgan fingerprint density at radius 3 is 2.72 bits per heavy atom. The second kappa shape index (κ2) is 7.61. The molecule has 0 spiro atoms. The number of methoxy groups -OCH3 is 1. The summed E-state index contributed by atoms with van der Waals surface area (Å²) in [6.45, 7) is -0.0647. The summed E-state index contributed by atoms with van der Waals surface area (Å²) in [5.41, 5.74) is 1.27. The van der Waals surface area contributed by atoms with Crippen molar-refractivity contribution in [2.45, 2.75) is 19.4 Å². The van der Waals surface area contributed by atoms with E-state index in [1.54, 1.807) is 31.4 Å². The van der Waals surface area contributed by atoms with Gasteiger partial charge >= 0.3 is 5.97 Å². The third-order valence-corrected chi connectivity index (χ3v) is 3.82. The van der Waals surface area contributed by atoms with Gasteiger partial charge in [-0.25, -0.2) is 4.98 Å². The molecular formula is C19H18N2O4. The van der Waals surface area contributed by atoms with Crippen LogP contribution in [0, 0.1) is 0 Å². The predicted octanol–water partition coefficient (Wildman–Crippen LogP) is 2.61. The van der Waals surface area contributed by atoms with Gasteiger partial charge in [-0.05, 0) is 30.2 Å².